The maximum atomic E-state index is 12.9. The van der Waals surface area contributed by atoms with Crippen molar-refractivity contribution in [2.45, 2.75) is 33.7 Å². The Morgan fingerprint density at radius 3 is 2.42 bits per heavy atom. The molecule has 134 valence electrons. The fourth-order valence-electron chi connectivity index (χ4n) is 3.28. The van der Waals surface area contributed by atoms with Crippen molar-refractivity contribution in [3.05, 3.63) is 69.5 Å². The number of rotatable bonds is 4. The summed E-state index contributed by atoms with van der Waals surface area (Å²) in [5.74, 6) is -0.882. The van der Waals surface area contributed by atoms with Crippen LogP contribution >= 0.6 is 0 Å². The van der Waals surface area contributed by atoms with Gasteiger partial charge in [0, 0.05) is 17.6 Å². The number of aryl methyl sites for hydroxylation is 3. The van der Waals surface area contributed by atoms with Gasteiger partial charge >= 0.3 is 0 Å². The lowest BCUT2D eigenvalue weighted by Gasteiger charge is -2.14. The molecule has 0 fully saturated rings. The Kier molecular flexibility index (Phi) is 4.80. The average Bonchev–Trinajstić information content (AvgIpc) is 2.58. The molecule has 0 radical (unpaired) electrons. The number of nitrogens with one attached hydrogen (secondary N) is 1. The summed E-state index contributed by atoms with van der Waals surface area (Å²) < 4.78 is 1.55. The number of amides is 1. The van der Waals surface area contributed by atoms with Gasteiger partial charge in [0.05, 0.1) is 5.52 Å². The van der Waals surface area contributed by atoms with Gasteiger partial charge in [-0.25, -0.2) is 0 Å². The summed E-state index contributed by atoms with van der Waals surface area (Å²) in [5, 5.41) is 13.8. The highest BCUT2D eigenvalue weighted by Crippen LogP contribution is 2.27. The van der Waals surface area contributed by atoms with Gasteiger partial charge in [-0.3, -0.25) is 9.59 Å². The molecule has 26 heavy (non-hydrogen) atoms. The second kappa shape index (κ2) is 7.04. The topological polar surface area (TPSA) is 71.3 Å². The van der Waals surface area contributed by atoms with E-state index in [0.29, 0.717) is 23.1 Å². The van der Waals surface area contributed by atoms with Crippen molar-refractivity contribution in [3.63, 3.8) is 0 Å². The fraction of sp³-hybridized carbons (Fsp3) is 0.238. The molecule has 2 N–H and O–H groups in total. The van der Waals surface area contributed by atoms with Gasteiger partial charge in [0.1, 0.15) is 11.3 Å². The van der Waals surface area contributed by atoms with Crippen molar-refractivity contribution in [2.75, 3.05) is 5.32 Å². The molecule has 1 aromatic heterocycles. The van der Waals surface area contributed by atoms with Gasteiger partial charge in [-0.15, -0.1) is 0 Å². The van der Waals surface area contributed by atoms with E-state index in [1.54, 1.807) is 22.8 Å². The summed E-state index contributed by atoms with van der Waals surface area (Å²) in [7, 11) is 0. The van der Waals surface area contributed by atoms with E-state index in [9.17, 15) is 14.7 Å². The Labute approximate surface area is 151 Å². The van der Waals surface area contributed by atoms with Crippen LogP contribution in [0.15, 0.2) is 47.3 Å². The quantitative estimate of drug-likeness (QED) is 0.747. The van der Waals surface area contributed by atoms with Crippen LogP contribution in [0.2, 0.25) is 0 Å². The normalized spacial score (nSPS) is 10.9. The molecule has 0 bridgehead atoms. The minimum absolute atomic E-state index is 0.226. The third kappa shape index (κ3) is 3.20. The first-order valence-corrected chi connectivity index (χ1v) is 8.66. The van der Waals surface area contributed by atoms with Crippen molar-refractivity contribution in [1.82, 2.24) is 4.57 Å². The van der Waals surface area contributed by atoms with Crippen molar-refractivity contribution in [2.24, 2.45) is 0 Å². The molecule has 0 aliphatic rings. The van der Waals surface area contributed by atoms with Crippen LogP contribution in [0.3, 0.4) is 0 Å². The van der Waals surface area contributed by atoms with Crippen LogP contribution in [0.4, 0.5) is 5.69 Å². The molecule has 3 aromatic rings. The lowest BCUT2D eigenvalue weighted by atomic mass is 10.1. The Bertz CT molecular complexity index is 1030. The monoisotopic (exact) mass is 350 g/mol. The minimum atomic E-state index is -0.604. The van der Waals surface area contributed by atoms with Crippen LogP contribution < -0.4 is 10.9 Å². The highest BCUT2D eigenvalue weighted by atomic mass is 16.3. The van der Waals surface area contributed by atoms with Gasteiger partial charge in [0.2, 0.25) is 0 Å². The number of carbonyl (C=O) groups excluding carboxylic acids is 1. The highest BCUT2D eigenvalue weighted by molar-refractivity contribution is 6.09. The summed E-state index contributed by atoms with van der Waals surface area (Å²) in [6.07, 6.45) is 0.743. The number of hydrogen-bond donors (Lipinski definition) is 2. The van der Waals surface area contributed by atoms with Crippen LogP contribution in [0, 0.1) is 13.8 Å². The molecular formula is C21H22N2O3. The zero-order valence-electron chi connectivity index (χ0n) is 15.2. The summed E-state index contributed by atoms with van der Waals surface area (Å²) in [4.78, 5) is 25.7. The zero-order valence-corrected chi connectivity index (χ0v) is 15.2. The van der Waals surface area contributed by atoms with Crippen molar-refractivity contribution in [3.8, 4) is 5.75 Å². The van der Waals surface area contributed by atoms with Gasteiger partial charge in [-0.1, -0.05) is 25.1 Å². The largest absolute Gasteiger partial charge is 0.506 e. The van der Waals surface area contributed by atoms with E-state index < -0.39 is 11.5 Å². The summed E-state index contributed by atoms with van der Waals surface area (Å²) in [6.45, 7) is 6.31. The first-order chi connectivity index (χ1) is 12.4. The lowest BCUT2D eigenvalue weighted by molar-refractivity contribution is 0.102. The van der Waals surface area contributed by atoms with Gasteiger partial charge in [-0.2, -0.15) is 0 Å². The third-order valence-electron chi connectivity index (χ3n) is 4.30. The number of para-hydroxylation sites is 1. The number of carbonyl (C=O) groups is 1. The van der Waals surface area contributed by atoms with Gasteiger partial charge < -0.3 is 15.0 Å². The molecule has 3 rings (SSSR count). The fourth-order valence-corrected chi connectivity index (χ4v) is 3.28. The van der Waals surface area contributed by atoms with Crippen molar-refractivity contribution in [1.29, 1.82) is 0 Å². The van der Waals surface area contributed by atoms with Crippen LogP contribution in [0.1, 0.15) is 34.8 Å². The Morgan fingerprint density at radius 1 is 1.12 bits per heavy atom. The average molecular weight is 350 g/mol. The molecule has 2 aromatic carbocycles. The molecule has 0 unspecified atom stereocenters. The smallest absolute Gasteiger partial charge is 0.267 e. The second-order valence-corrected chi connectivity index (χ2v) is 6.53. The predicted octanol–water partition coefficient (Wildman–Crippen LogP) is 3.99. The first kappa shape index (κ1) is 17.7. The van der Waals surface area contributed by atoms with Gasteiger partial charge in [0.25, 0.3) is 11.5 Å². The molecule has 0 spiro atoms. The molecule has 0 aliphatic heterocycles. The maximum Gasteiger partial charge on any atom is 0.267 e. The van der Waals surface area contributed by atoms with Crippen LogP contribution in [0.25, 0.3) is 10.9 Å². The molecule has 1 heterocycles. The molecular weight excluding hydrogens is 328 g/mol. The zero-order chi connectivity index (χ0) is 18.8. The number of anilines is 1. The Balaban J connectivity index is 2.14. The predicted molar refractivity (Wildman–Crippen MR) is 104 cm³/mol. The van der Waals surface area contributed by atoms with Gasteiger partial charge in [-0.05, 0) is 55.7 Å². The number of pyridine rings is 1. The van der Waals surface area contributed by atoms with E-state index >= 15 is 0 Å². The molecule has 0 saturated heterocycles. The minimum Gasteiger partial charge on any atom is -0.506 e. The van der Waals surface area contributed by atoms with E-state index in [1.807, 2.05) is 45.0 Å². The summed E-state index contributed by atoms with van der Waals surface area (Å²) in [6, 6.07) is 12.7. The Morgan fingerprint density at radius 2 is 1.77 bits per heavy atom. The van der Waals surface area contributed by atoms with E-state index in [4.69, 9.17) is 0 Å². The first-order valence-electron chi connectivity index (χ1n) is 8.66. The highest BCUT2D eigenvalue weighted by Gasteiger charge is 2.22. The van der Waals surface area contributed by atoms with Crippen molar-refractivity contribution < 1.29 is 9.90 Å². The number of nitrogens with zero attached hydrogens (tertiary/aromatic N) is 1. The number of hydrogen-bond acceptors (Lipinski definition) is 3. The lowest BCUT2D eigenvalue weighted by Crippen LogP contribution is -2.29. The number of benzene rings is 2. The molecule has 1 amide bonds. The summed E-state index contributed by atoms with van der Waals surface area (Å²) >= 11 is 0. The molecule has 5 heteroatoms. The maximum absolute atomic E-state index is 12.9. The molecule has 0 saturated carbocycles. The third-order valence-corrected chi connectivity index (χ3v) is 4.30. The van der Waals surface area contributed by atoms with E-state index in [2.05, 4.69) is 5.32 Å². The number of fused-ring (bicyclic) bond motifs is 1. The molecule has 0 aliphatic carbocycles. The van der Waals surface area contributed by atoms with E-state index in [0.717, 1.165) is 17.5 Å². The SMILES string of the molecule is CCCn1c(=O)c(C(=O)Nc2cc(C)cc(C)c2)c(O)c2ccccc21. The van der Waals surface area contributed by atoms with Crippen molar-refractivity contribution >= 4 is 22.5 Å². The van der Waals surface area contributed by atoms with E-state index in [1.165, 1.54) is 0 Å². The second-order valence-electron chi connectivity index (χ2n) is 6.53. The van der Waals surface area contributed by atoms with E-state index in [-0.39, 0.29) is 11.3 Å². The molecule has 0 atom stereocenters. The standard InChI is InChI=1S/C21H22N2O3/c1-4-9-23-17-8-6-5-7-16(17)19(24)18(21(23)26)20(25)22-15-11-13(2)10-14(3)12-15/h5-8,10-12,24H,4,9H2,1-3H3,(H,22,25). The van der Waals surface area contributed by atoms with Crippen LogP contribution in [-0.4, -0.2) is 15.6 Å². The van der Waals surface area contributed by atoms with Crippen LogP contribution in [-0.2, 0) is 6.54 Å². The number of aromatic hydroxyl groups is 1. The summed E-state index contributed by atoms with van der Waals surface area (Å²) in [5.41, 5.74) is 2.53. The van der Waals surface area contributed by atoms with Gasteiger partial charge in [0.15, 0.2) is 0 Å². The molecule has 5 nitrogen and oxygen atoms in total. The Hall–Kier alpha value is -3.08. The van der Waals surface area contributed by atoms with Crippen LogP contribution in [0.5, 0.6) is 5.75 Å². The number of aromatic nitrogens is 1.